The van der Waals surface area contributed by atoms with Crippen LogP contribution in [0.2, 0.25) is 0 Å². The molecule has 1 fully saturated rings. The zero-order valence-corrected chi connectivity index (χ0v) is 14.5. The van der Waals surface area contributed by atoms with E-state index in [1.165, 1.54) is 25.0 Å². The van der Waals surface area contributed by atoms with Gasteiger partial charge in [-0.05, 0) is 62.2 Å². The Balaban J connectivity index is 1.42. The van der Waals surface area contributed by atoms with Gasteiger partial charge in [-0.25, -0.2) is 9.40 Å². The predicted octanol–water partition coefficient (Wildman–Crippen LogP) is 3.46. The maximum atomic E-state index is 13.2. The zero-order chi connectivity index (χ0) is 17.9. The van der Waals surface area contributed by atoms with Crippen molar-refractivity contribution in [3.05, 3.63) is 77.4 Å². The van der Waals surface area contributed by atoms with Gasteiger partial charge in [0.05, 0.1) is 17.9 Å². The molecule has 1 aliphatic heterocycles. The summed E-state index contributed by atoms with van der Waals surface area (Å²) >= 11 is 0. The number of rotatable bonds is 4. The number of halogens is 1. The molecule has 5 heteroatoms. The van der Waals surface area contributed by atoms with Crippen LogP contribution in [0, 0.1) is 17.7 Å². The minimum absolute atomic E-state index is 0.177. The molecule has 4 nitrogen and oxygen atoms in total. The van der Waals surface area contributed by atoms with Crippen molar-refractivity contribution in [1.29, 1.82) is 0 Å². The molecule has 2 aromatic carbocycles. The van der Waals surface area contributed by atoms with E-state index in [4.69, 9.17) is 4.84 Å². The molecule has 0 bridgehead atoms. The first-order valence-corrected chi connectivity index (χ1v) is 8.74. The first-order valence-electron chi connectivity index (χ1n) is 8.74. The van der Waals surface area contributed by atoms with Gasteiger partial charge in [0.15, 0.2) is 5.76 Å². The molecule has 0 radical (unpaired) electrons. The number of benzene rings is 2. The Morgan fingerprint density at radius 2 is 1.92 bits per heavy atom. The molecule has 132 valence electrons. The molecular formula is C21H20FN3O. The Morgan fingerprint density at radius 3 is 2.65 bits per heavy atom. The first kappa shape index (κ1) is 16.6. The van der Waals surface area contributed by atoms with Gasteiger partial charge in [-0.15, -0.1) is 0 Å². The summed E-state index contributed by atoms with van der Waals surface area (Å²) in [6, 6.07) is 14.9. The number of hydrogen-bond donors (Lipinski definition) is 2. The maximum Gasteiger partial charge on any atom is 0.161 e. The van der Waals surface area contributed by atoms with E-state index >= 15 is 0 Å². The molecule has 26 heavy (non-hydrogen) atoms. The van der Waals surface area contributed by atoms with Crippen LogP contribution >= 0.6 is 0 Å². The van der Waals surface area contributed by atoms with Gasteiger partial charge in [0.25, 0.3) is 0 Å². The SMILES string of the molecule is CC(NC1CC1)C1=CN(c2ccc(C#Cc3cccc(F)c3)cc2)NO1. The number of hydrazine groups is 1. The fourth-order valence-corrected chi connectivity index (χ4v) is 2.71. The molecular weight excluding hydrogens is 329 g/mol. The van der Waals surface area contributed by atoms with Crippen LogP contribution in [0.15, 0.2) is 60.5 Å². The third-order valence-corrected chi connectivity index (χ3v) is 4.33. The molecule has 1 atom stereocenters. The lowest BCUT2D eigenvalue weighted by Gasteiger charge is -2.14. The van der Waals surface area contributed by atoms with Crippen molar-refractivity contribution in [1.82, 2.24) is 10.9 Å². The number of hydrogen-bond acceptors (Lipinski definition) is 4. The fraction of sp³-hybridized carbons (Fsp3) is 0.238. The summed E-state index contributed by atoms with van der Waals surface area (Å²) in [6.45, 7) is 2.10. The zero-order valence-electron chi connectivity index (χ0n) is 14.5. The van der Waals surface area contributed by atoms with Crippen LogP contribution in [-0.2, 0) is 4.84 Å². The number of nitrogens with one attached hydrogen (secondary N) is 2. The van der Waals surface area contributed by atoms with Crippen LogP contribution in [-0.4, -0.2) is 12.1 Å². The summed E-state index contributed by atoms with van der Waals surface area (Å²) in [6.07, 6.45) is 4.44. The van der Waals surface area contributed by atoms with Gasteiger partial charge in [-0.3, -0.25) is 0 Å². The van der Waals surface area contributed by atoms with Crippen LogP contribution in [0.1, 0.15) is 30.9 Å². The molecule has 2 aliphatic rings. The van der Waals surface area contributed by atoms with Gasteiger partial charge in [-0.2, -0.15) is 0 Å². The lowest BCUT2D eigenvalue weighted by molar-refractivity contribution is 0.115. The Hall–Kier alpha value is -2.81. The lowest BCUT2D eigenvalue weighted by Crippen LogP contribution is -2.31. The van der Waals surface area contributed by atoms with E-state index in [-0.39, 0.29) is 11.9 Å². The smallest absolute Gasteiger partial charge is 0.161 e. The predicted molar refractivity (Wildman–Crippen MR) is 99.2 cm³/mol. The first-order chi connectivity index (χ1) is 12.7. The highest BCUT2D eigenvalue weighted by Gasteiger charge is 2.27. The minimum atomic E-state index is -0.278. The van der Waals surface area contributed by atoms with Crippen molar-refractivity contribution in [2.24, 2.45) is 0 Å². The average Bonchev–Trinajstić information content (AvgIpc) is 3.32. The second-order valence-electron chi connectivity index (χ2n) is 6.56. The summed E-state index contributed by atoms with van der Waals surface area (Å²) in [4.78, 5) is 5.57. The van der Waals surface area contributed by atoms with Gasteiger partial charge in [0.1, 0.15) is 5.82 Å². The summed E-state index contributed by atoms with van der Waals surface area (Å²) < 4.78 is 13.2. The Kier molecular flexibility index (Phi) is 4.61. The Labute approximate surface area is 152 Å². The normalized spacial score (nSPS) is 17.2. The van der Waals surface area contributed by atoms with E-state index in [0.717, 1.165) is 17.0 Å². The third kappa shape index (κ3) is 4.05. The van der Waals surface area contributed by atoms with Crippen LogP contribution in [0.25, 0.3) is 0 Å². The highest BCUT2D eigenvalue weighted by molar-refractivity contribution is 5.53. The Bertz CT molecular complexity index is 878. The van der Waals surface area contributed by atoms with E-state index in [0.29, 0.717) is 11.6 Å². The van der Waals surface area contributed by atoms with Gasteiger partial charge < -0.3 is 10.2 Å². The monoisotopic (exact) mass is 349 g/mol. The van der Waals surface area contributed by atoms with Crippen molar-refractivity contribution < 1.29 is 9.23 Å². The quantitative estimate of drug-likeness (QED) is 0.829. The van der Waals surface area contributed by atoms with E-state index in [1.807, 2.05) is 35.5 Å². The number of nitrogens with zero attached hydrogens (tertiary/aromatic N) is 1. The fourth-order valence-electron chi connectivity index (χ4n) is 2.71. The van der Waals surface area contributed by atoms with Crippen LogP contribution < -0.4 is 15.9 Å². The molecule has 2 N–H and O–H groups in total. The van der Waals surface area contributed by atoms with Crippen molar-refractivity contribution in [2.45, 2.75) is 31.8 Å². The molecule has 1 aliphatic carbocycles. The highest BCUT2D eigenvalue weighted by Crippen LogP contribution is 2.24. The second kappa shape index (κ2) is 7.20. The molecule has 0 saturated heterocycles. The Morgan fingerprint density at radius 1 is 1.15 bits per heavy atom. The van der Waals surface area contributed by atoms with E-state index < -0.39 is 0 Å². The van der Waals surface area contributed by atoms with Gasteiger partial charge >= 0.3 is 0 Å². The van der Waals surface area contributed by atoms with Crippen LogP contribution in [0.4, 0.5) is 10.1 Å². The summed E-state index contributed by atoms with van der Waals surface area (Å²) in [7, 11) is 0. The molecule has 1 unspecified atom stereocenters. The second-order valence-corrected chi connectivity index (χ2v) is 6.56. The van der Waals surface area contributed by atoms with Crippen molar-refractivity contribution >= 4 is 5.69 Å². The molecule has 0 spiro atoms. The van der Waals surface area contributed by atoms with Crippen LogP contribution in [0.3, 0.4) is 0 Å². The van der Waals surface area contributed by atoms with Gasteiger partial charge in [-0.1, -0.05) is 23.5 Å². The van der Waals surface area contributed by atoms with E-state index in [2.05, 4.69) is 29.7 Å². The third-order valence-electron chi connectivity index (χ3n) is 4.33. The van der Waals surface area contributed by atoms with Crippen molar-refractivity contribution in [2.75, 3.05) is 5.01 Å². The summed E-state index contributed by atoms with van der Waals surface area (Å²) in [5.74, 6) is 6.61. The summed E-state index contributed by atoms with van der Waals surface area (Å²) in [5, 5.41) is 5.35. The van der Waals surface area contributed by atoms with Crippen molar-refractivity contribution in [3.8, 4) is 11.8 Å². The molecule has 2 aromatic rings. The minimum Gasteiger partial charge on any atom is -0.390 e. The topological polar surface area (TPSA) is 36.5 Å². The van der Waals surface area contributed by atoms with Gasteiger partial charge in [0.2, 0.25) is 0 Å². The standard InChI is InChI=1S/C21H20FN3O/c1-15(23-19-9-10-19)21-14-25(24-26-21)20-11-7-16(8-12-20)5-6-17-3-2-4-18(22)13-17/h2-4,7-8,11-15,19,23-24H,9-10H2,1H3. The lowest BCUT2D eigenvalue weighted by atomic mass is 10.1. The largest absolute Gasteiger partial charge is 0.390 e. The van der Waals surface area contributed by atoms with Crippen molar-refractivity contribution in [3.63, 3.8) is 0 Å². The molecule has 1 heterocycles. The van der Waals surface area contributed by atoms with Crippen LogP contribution in [0.5, 0.6) is 0 Å². The average molecular weight is 349 g/mol. The molecule has 0 aromatic heterocycles. The molecule has 4 rings (SSSR count). The highest BCUT2D eigenvalue weighted by atomic mass is 19.1. The van der Waals surface area contributed by atoms with E-state index in [9.17, 15) is 4.39 Å². The van der Waals surface area contributed by atoms with E-state index in [1.54, 1.807) is 12.1 Å². The maximum absolute atomic E-state index is 13.2. The summed E-state index contributed by atoms with van der Waals surface area (Å²) in [5.41, 5.74) is 5.39. The molecule has 1 saturated carbocycles. The number of anilines is 1. The molecule has 0 amide bonds. The van der Waals surface area contributed by atoms with Gasteiger partial charge in [0, 0.05) is 17.2 Å².